The number of esters is 1. The summed E-state index contributed by atoms with van der Waals surface area (Å²) in [5, 5.41) is 2.91. The number of carbonyl (C=O) groups excluding carboxylic acids is 3. The van der Waals surface area contributed by atoms with Crippen molar-refractivity contribution in [3.05, 3.63) is 59.2 Å². The van der Waals surface area contributed by atoms with Crippen molar-refractivity contribution in [3.8, 4) is 11.1 Å². The molecule has 2 amide bonds. The molecule has 1 aliphatic carbocycles. The lowest BCUT2D eigenvalue weighted by Gasteiger charge is -2.32. The van der Waals surface area contributed by atoms with E-state index >= 15 is 0 Å². The van der Waals surface area contributed by atoms with Crippen molar-refractivity contribution < 1.29 is 23.9 Å². The van der Waals surface area contributed by atoms with Crippen molar-refractivity contribution in [2.24, 2.45) is 5.92 Å². The first-order valence-electron chi connectivity index (χ1n) is 15.9. The van der Waals surface area contributed by atoms with Crippen molar-refractivity contribution in [1.82, 2.24) is 10.2 Å². The van der Waals surface area contributed by atoms with E-state index in [0.29, 0.717) is 17.9 Å². The molecule has 0 aromatic heterocycles. The molecule has 0 unspecified atom stereocenters. The van der Waals surface area contributed by atoms with Gasteiger partial charge in [0.05, 0.1) is 13.7 Å². The van der Waals surface area contributed by atoms with Crippen LogP contribution in [0.2, 0.25) is 0 Å². The second-order valence-electron chi connectivity index (χ2n) is 12.0. The number of hydrogen-bond donors (Lipinski definition) is 1. The van der Waals surface area contributed by atoms with Gasteiger partial charge in [-0.25, -0.2) is 4.79 Å². The number of piperidine rings is 1. The number of nitrogens with zero attached hydrogens (tertiary/aromatic N) is 1. The number of aryl methyl sites for hydroxylation is 1. The molecule has 1 saturated heterocycles. The van der Waals surface area contributed by atoms with Gasteiger partial charge in [0.15, 0.2) is 0 Å². The largest absolute Gasteiger partial charge is 0.467 e. The van der Waals surface area contributed by atoms with Gasteiger partial charge in [0, 0.05) is 18.7 Å². The van der Waals surface area contributed by atoms with Crippen LogP contribution in [0.15, 0.2) is 42.5 Å². The summed E-state index contributed by atoms with van der Waals surface area (Å²) in [6.07, 6.45) is 12.1. The Hall–Kier alpha value is -2.84. The van der Waals surface area contributed by atoms with Crippen molar-refractivity contribution in [1.29, 1.82) is 0 Å². The first-order valence-corrected chi connectivity index (χ1v) is 17.3. The van der Waals surface area contributed by atoms with Gasteiger partial charge in [-0.15, -0.1) is 0 Å². The predicted molar refractivity (Wildman–Crippen MR) is 173 cm³/mol. The number of benzene rings is 2. The normalized spacial score (nSPS) is 17.2. The average molecular weight is 609 g/mol. The quantitative estimate of drug-likeness (QED) is 0.260. The minimum Gasteiger partial charge on any atom is -0.467 e. The highest BCUT2D eigenvalue weighted by Crippen LogP contribution is 2.31. The van der Waals surface area contributed by atoms with Crippen molar-refractivity contribution >= 4 is 29.5 Å². The Morgan fingerprint density at radius 2 is 1.70 bits per heavy atom. The van der Waals surface area contributed by atoms with Crippen LogP contribution >= 0.6 is 11.8 Å². The van der Waals surface area contributed by atoms with E-state index in [2.05, 4.69) is 5.32 Å². The smallest absolute Gasteiger partial charge is 0.328 e. The molecule has 4 rings (SSSR count). The third-order valence-electron chi connectivity index (χ3n) is 8.83. The standard InChI is InChI=1S/C35H48N2O5S/c1-25-12-8-9-15-28(25)30-22-27(16-17-29(30)33(38)36-31(18-21-43-3)35(40)41-2)24-42-32(23-26-13-6-4-7-14-26)34(39)37-19-10-5-11-20-37/h8-9,12,15-17,22,26,31-32H,4-7,10-11,13-14,18-21,23-24H2,1-3H3,(H,36,38)/t31-,32-/m0/s1. The monoisotopic (exact) mass is 608 g/mol. The summed E-state index contributed by atoms with van der Waals surface area (Å²) in [5.41, 5.74) is 4.14. The minimum absolute atomic E-state index is 0.125. The molecule has 2 atom stereocenters. The molecule has 0 bridgehead atoms. The van der Waals surface area contributed by atoms with E-state index in [9.17, 15) is 14.4 Å². The highest BCUT2D eigenvalue weighted by molar-refractivity contribution is 7.98. The first-order chi connectivity index (χ1) is 20.9. The van der Waals surface area contributed by atoms with Crippen LogP contribution in [0.5, 0.6) is 0 Å². The third-order valence-corrected chi connectivity index (χ3v) is 9.48. The summed E-state index contributed by atoms with van der Waals surface area (Å²) in [6.45, 7) is 3.94. The van der Waals surface area contributed by atoms with E-state index in [1.54, 1.807) is 17.8 Å². The van der Waals surface area contributed by atoms with Crippen LogP contribution in [0.3, 0.4) is 0 Å². The molecule has 1 N–H and O–H groups in total. The molecule has 2 aromatic rings. The Morgan fingerprint density at radius 3 is 2.40 bits per heavy atom. The minimum atomic E-state index is -0.723. The van der Waals surface area contributed by atoms with Crippen LogP contribution < -0.4 is 5.32 Å². The predicted octanol–water partition coefficient (Wildman–Crippen LogP) is 6.55. The summed E-state index contributed by atoms with van der Waals surface area (Å²) >= 11 is 1.61. The van der Waals surface area contributed by atoms with Crippen LogP contribution in [0.1, 0.15) is 85.7 Å². The molecule has 1 heterocycles. The molecule has 1 saturated carbocycles. The van der Waals surface area contributed by atoms with Crippen LogP contribution in [-0.2, 0) is 25.7 Å². The van der Waals surface area contributed by atoms with E-state index < -0.39 is 18.1 Å². The number of hydrogen-bond acceptors (Lipinski definition) is 6. The molecule has 2 fully saturated rings. The Balaban J connectivity index is 1.57. The van der Waals surface area contributed by atoms with Gasteiger partial charge in [-0.3, -0.25) is 9.59 Å². The van der Waals surface area contributed by atoms with E-state index in [4.69, 9.17) is 9.47 Å². The third kappa shape index (κ3) is 9.32. The van der Waals surface area contributed by atoms with Crippen molar-refractivity contribution in [2.75, 3.05) is 32.2 Å². The Morgan fingerprint density at radius 1 is 0.977 bits per heavy atom. The molecule has 7 nitrogen and oxygen atoms in total. The molecule has 0 spiro atoms. The number of thioether (sulfide) groups is 1. The molecule has 1 aliphatic heterocycles. The number of likely N-dealkylation sites (tertiary alicyclic amines) is 1. The van der Waals surface area contributed by atoms with Crippen LogP contribution in [0.4, 0.5) is 0 Å². The maximum absolute atomic E-state index is 13.6. The SMILES string of the molecule is COC(=O)[C@H](CCSC)NC(=O)c1ccc(CO[C@@H](CC2CCCCC2)C(=O)N2CCCCC2)cc1-c1ccccc1C. The highest BCUT2D eigenvalue weighted by atomic mass is 32.2. The van der Waals surface area contributed by atoms with Crippen molar-refractivity contribution in [3.63, 3.8) is 0 Å². The summed E-state index contributed by atoms with van der Waals surface area (Å²) in [5.74, 6) is 0.596. The Bertz CT molecular complexity index is 1220. The zero-order chi connectivity index (χ0) is 30.6. The molecule has 8 heteroatoms. The second kappa shape index (κ2) is 16.9. The molecular weight excluding hydrogens is 560 g/mol. The van der Waals surface area contributed by atoms with Gasteiger partial charge in [-0.2, -0.15) is 11.8 Å². The maximum atomic E-state index is 13.6. The lowest BCUT2D eigenvalue weighted by Crippen LogP contribution is -2.44. The number of methoxy groups -OCH3 is 1. The van der Waals surface area contributed by atoms with Gasteiger partial charge in [0.2, 0.25) is 0 Å². The number of carbonyl (C=O) groups is 3. The molecule has 234 valence electrons. The molecule has 2 aliphatic rings. The maximum Gasteiger partial charge on any atom is 0.328 e. The van der Waals surface area contributed by atoms with Gasteiger partial charge in [0.25, 0.3) is 11.8 Å². The zero-order valence-electron chi connectivity index (χ0n) is 26.1. The fourth-order valence-electron chi connectivity index (χ4n) is 6.32. The van der Waals surface area contributed by atoms with E-state index in [1.807, 2.05) is 54.5 Å². The summed E-state index contributed by atoms with van der Waals surface area (Å²) in [7, 11) is 1.34. The average Bonchev–Trinajstić information content (AvgIpc) is 3.05. The molecule has 0 radical (unpaired) electrons. The first kappa shape index (κ1) is 33.1. The molecule has 43 heavy (non-hydrogen) atoms. The second-order valence-corrected chi connectivity index (χ2v) is 12.9. The molecule has 2 aromatic carbocycles. The van der Waals surface area contributed by atoms with Gasteiger partial charge >= 0.3 is 5.97 Å². The topological polar surface area (TPSA) is 84.9 Å². The number of rotatable bonds is 13. The van der Waals surface area contributed by atoms with Crippen LogP contribution in [-0.4, -0.2) is 67.0 Å². The van der Waals surface area contributed by atoms with Crippen molar-refractivity contribution in [2.45, 2.75) is 89.9 Å². The summed E-state index contributed by atoms with van der Waals surface area (Å²) in [6, 6.07) is 12.9. The number of nitrogens with one attached hydrogen (secondary N) is 1. The fraction of sp³-hybridized carbons (Fsp3) is 0.571. The summed E-state index contributed by atoms with van der Waals surface area (Å²) < 4.78 is 11.4. The zero-order valence-corrected chi connectivity index (χ0v) is 26.9. The Kier molecular flexibility index (Phi) is 13.0. The van der Waals surface area contributed by atoms with E-state index in [0.717, 1.165) is 73.2 Å². The van der Waals surface area contributed by atoms with E-state index in [-0.39, 0.29) is 18.4 Å². The number of ether oxygens (including phenoxy) is 2. The summed E-state index contributed by atoms with van der Waals surface area (Å²) in [4.78, 5) is 41.6. The van der Waals surface area contributed by atoms with Gasteiger partial charge in [-0.1, -0.05) is 62.4 Å². The lowest BCUT2D eigenvalue weighted by molar-refractivity contribution is -0.147. The molecular formula is C35H48N2O5S. The fourth-order valence-corrected chi connectivity index (χ4v) is 6.79. The lowest BCUT2D eigenvalue weighted by atomic mass is 9.85. The van der Waals surface area contributed by atoms with Gasteiger partial charge in [-0.05, 0) is 91.3 Å². The van der Waals surface area contributed by atoms with E-state index in [1.165, 1.54) is 32.8 Å². The number of amides is 2. The highest BCUT2D eigenvalue weighted by Gasteiger charge is 2.30. The van der Waals surface area contributed by atoms with Gasteiger partial charge in [0.1, 0.15) is 12.1 Å². The van der Waals surface area contributed by atoms with Crippen LogP contribution in [0, 0.1) is 12.8 Å². The van der Waals surface area contributed by atoms with Crippen LogP contribution in [0.25, 0.3) is 11.1 Å². The Labute approximate surface area is 261 Å². The van der Waals surface area contributed by atoms with Gasteiger partial charge < -0.3 is 19.7 Å².